The summed E-state index contributed by atoms with van der Waals surface area (Å²) in [7, 11) is 0. The molecule has 0 unspecified atom stereocenters. The van der Waals surface area contributed by atoms with Crippen LogP contribution in [0.15, 0.2) is 54.6 Å². The lowest BCUT2D eigenvalue weighted by Gasteiger charge is -2.22. The summed E-state index contributed by atoms with van der Waals surface area (Å²) in [5, 5.41) is 1.06. The summed E-state index contributed by atoms with van der Waals surface area (Å²) in [6.07, 6.45) is 5.03. The normalized spacial score (nSPS) is 15.0. The summed E-state index contributed by atoms with van der Waals surface area (Å²) in [5.74, 6) is 1.51. The first-order chi connectivity index (χ1) is 12.8. The van der Waals surface area contributed by atoms with Crippen molar-refractivity contribution in [2.24, 2.45) is 0 Å². The standard InChI is InChI=1S/C22H23FN2O/c23-19-9-5-7-17(15-19)16-26-20-10-6-8-18-11-12-21(24-22(18)20)25-13-3-1-2-4-14-25/h5-12,15H,1-4,13-14,16H2. The average Bonchev–Trinajstić information content (AvgIpc) is 2.95. The number of hydrogen-bond donors (Lipinski definition) is 0. The van der Waals surface area contributed by atoms with Crippen LogP contribution in [0.1, 0.15) is 31.2 Å². The zero-order valence-corrected chi connectivity index (χ0v) is 14.8. The van der Waals surface area contributed by atoms with Crippen LogP contribution in [0, 0.1) is 5.82 Å². The number of hydrogen-bond acceptors (Lipinski definition) is 3. The maximum atomic E-state index is 13.4. The summed E-state index contributed by atoms with van der Waals surface area (Å²) in [5.41, 5.74) is 1.68. The molecule has 1 fully saturated rings. The third-order valence-corrected chi connectivity index (χ3v) is 4.88. The number of anilines is 1. The number of halogens is 1. The quantitative estimate of drug-likeness (QED) is 0.636. The van der Waals surface area contributed by atoms with Crippen molar-refractivity contribution < 1.29 is 9.13 Å². The monoisotopic (exact) mass is 350 g/mol. The minimum absolute atomic E-state index is 0.245. The van der Waals surface area contributed by atoms with E-state index in [0.717, 1.165) is 41.1 Å². The summed E-state index contributed by atoms with van der Waals surface area (Å²) in [6.45, 7) is 2.45. The molecule has 0 amide bonds. The molecule has 0 aliphatic carbocycles. The highest BCUT2D eigenvalue weighted by atomic mass is 19.1. The van der Waals surface area contributed by atoms with E-state index in [4.69, 9.17) is 9.72 Å². The molecular weight excluding hydrogens is 327 g/mol. The van der Waals surface area contributed by atoms with Crippen LogP contribution in [0.25, 0.3) is 10.9 Å². The van der Waals surface area contributed by atoms with Gasteiger partial charge in [-0.1, -0.05) is 37.1 Å². The van der Waals surface area contributed by atoms with E-state index in [1.165, 1.54) is 37.8 Å². The number of para-hydroxylation sites is 1. The molecule has 1 aliphatic rings. The first-order valence-electron chi connectivity index (χ1n) is 9.31. The van der Waals surface area contributed by atoms with E-state index >= 15 is 0 Å². The van der Waals surface area contributed by atoms with E-state index in [-0.39, 0.29) is 5.82 Å². The molecule has 1 aliphatic heterocycles. The molecule has 26 heavy (non-hydrogen) atoms. The third-order valence-electron chi connectivity index (χ3n) is 4.88. The molecule has 3 aromatic rings. The molecule has 0 atom stereocenters. The lowest BCUT2D eigenvalue weighted by atomic mass is 10.2. The molecule has 0 saturated carbocycles. The lowest BCUT2D eigenvalue weighted by Crippen LogP contribution is -2.24. The topological polar surface area (TPSA) is 25.4 Å². The van der Waals surface area contributed by atoms with Crippen LogP contribution in [-0.4, -0.2) is 18.1 Å². The number of ether oxygens (including phenoxy) is 1. The summed E-state index contributed by atoms with van der Waals surface area (Å²) < 4.78 is 19.3. The van der Waals surface area contributed by atoms with Crippen LogP contribution in [0.2, 0.25) is 0 Å². The molecule has 4 heteroatoms. The Labute approximate surface area is 153 Å². The second-order valence-corrected chi connectivity index (χ2v) is 6.82. The molecule has 1 aromatic heterocycles. The Kier molecular flexibility index (Phi) is 5.00. The molecule has 0 radical (unpaired) electrons. The van der Waals surface area contributed by atoms with Crippen molar-refractivity contribution in [1.82, 2.24) is 4.98 Å². The molecule has 0 spiro atoms. The molecule has 3 nitrogen and oxygen atoms in total. The van der Waals surface area contributed by atoms with Gasteiger partial charge in [0.25, 0.3) is 0 Å². The Bertz CT molecular complexity index is 888. The fourth-order valence-corrected chi connectivity index (χ4v) is 3.49. The predicted octanol–water partition coefficient (Wildman–Crippen LogP) is 5.33. The fourth-order valence-electron chi connectivity index (χ4n) is 3.49. The van der Waals surface area contributed by atoms with E-state index in [1.54, 1.807) is 6.07 Å². The van der Waals surface area contributed by atoms with Gasteiger partial charge in [-0.3, -0.25) is 0 Å². The minimum atomic E-state index is -0.245. The van der Waals surface area contributed by atoms with Crippen molar-refractivity contribution in [3.63, 3.8) is 0 Å². The SMILES string of the molecule is Fc1cccc(COc2cccc3ccc(N4CCCCCC4)nc23)c1. The third kappa shape index (κ3) is 3.79. The molecule has 134 valence electrons. The van der Waals surface area contributed by atoms with Crippen LogP contribution in [0.5, 0.6) is 5.75 Å². The van der Waals surface area contributed by atoms with Gasteiger partial charge in [0.05, 0.1) is 0 Å². The van der Waals surface area contributed by atoms with Gasteiger partial charge in [-0.25, -0.2) is 9.37 Å². The highest BCUT2D eigenvalue weighted by molar-refractivity contribution is 5.86. The zero-order valence-electron chi connectivity index (χ0n) is 14.8. The van der Waals surface area contributed by atoms with Gasteiger partial charge >= 0.3 is 0 Å². The molecule has 2 heterocycles. The predicted molar refractivity (Wildman–Crippen MR) is 103 cm³/mol. The zero-order chi connectivity index (χ0) is 17.8. The number of nitrogens with zero attached hydrogens (tertiary/aromatic N) is 2. The largest absolute Gasteiger partial charge is 0.487 e. The van der Waals surface area contributed by atoms with Gasteiger partial charge in [0.2, 0.25) is 0 Å². The summed E-state index contributed by atoms with van der Waals surface area (Å²) >= 11 is 0. The summed E-state index contributed by atoms with van der Waals surface area (Å²) in [4.78, 5) is 7.27. The molecule has 0 bridgehead atoms. The maximum Gasteiger partial charge on any atom is 0.146 e. The van der Waals surface area contributed by atoms with Crippen molar-refractivity contribution in [2.45, 2.75) is 32.3 Å². The highest BCUT2D eigenvalue weighted by Crippen LogP contribution is 2.28. The Morgan fingerprint density at radius 2 is 1.73 bits per heavy atom. The van der Waals surface area contributed by atoms with Gasteiger partial charge in [-0.05, 0) is 48.7 Å². The lowest BCUT2D eigenvalue weighted by molar-refractivity contribution is 0.309. The van der Waals surface area contributed by atoms with Gasteiger partial charge in [0.1, 0.15) is 29.5 Å². The number of fused-ring (bicyclic) bond motifs is 1. The Balaban J connectivity index is 1.60. The van der Waals surface area contributed by atoms with Gasteiger partial charge in [-0.15, -0.1) is 0 Å². The van der Waals surface area contributed by atoms with Crippen LogP contribution < -0.4 is 9.64 Å². The van der Waals surface area contributed by atoms with E-state index in [1.807, 2.05) is 24.3 Å². The van der Waals surface area contributed by atoms with Gasteiger partial charge in [0.15, 0.2) is 0 Å². The van der Waals surface area contributed by atoms with Gasteiger partial charge in [-0.2, -0.15) is 0 Å². The Morgan fingerprint density at radius 3 is 2.54 bits per heavy atom. The minimum Gasteiger partial charge on any atom is -0.487 e. The van der Waals surface area contributed by atoms with E-state index in [0.29, 0.717) is 6.61 Å². The van der Waals surface area contributed by atoms with Gasteiger partial charge in [0, 0.05) is 18.5 Å². The average molecular weight is 350 g/mol. The Morgan fingerprint density at radius 1 is 0.923 bits per heavy atom. The second kappa shape index (κ2) is 7.73. The highest BCUT2D eigenvalue weighted by Gasteiger charge is 2.13. The molecular formula is C22H23FN2O. The Hall–Kier alpha value is -2.62. The van der Waals surface area contributed by atoms with Crippen LogP contribution in [0.4, 0.5) is 10.2 Å². The molecule has 0 N–H and O–H groups in total. The smallest absolute Gasteiger partial charge is 0.146 e. The molecule has 2 aromatic carbocycles. The van der Waals surface area contributed by atoms with Crippen LogP contribution in [0.3, 0.4) is 0 Å². The van der Waals surface area contributed by atoms with Crippen molar-refractivity contribution in [1.29, 1.82) is 0 Å². The van der Waals surface area contributed by atoms with Crippen LogP contribution >= 0.6 is 0 Å². The van der Waals surface area contributed by atoms with E-state index in [9.17, 15) is 4.39 Å². The maximum absolute atomic E-state index is 13.4. The van der Waals surface area contributed by atoms with Crippen molar-refractivity contribution in [3.05, 3.63) is 66.0 Å². The fraction of sp³-hybridized carbons (Fsp3) is 0.318. The first kappa shape index (κ1) is 16.8. The second-order valence-electron chi connectivity index (χ2n) is 6.82. The van der Waals surface area contributed by atoms with Gasteiger partial charge < -0.3 is 9.64 Å². The number of pyridine rings is 1. The summed E-state index contributed by atoms with van der Waals surface area (Å²) in [6, 6.07) is 16.7. The van der Waals surface area contributed by atoms with Crippen LogP contribution in [-0.2, 0) is 6.61 Å². The van der Waals surface area contributed by atoms with E-state index < -0.39 is 0 Å². The number of benzene rings is 2. The number of rotatable bonds is 4. The molecule has 1 saturated heterocycles. The van der Waals surface area contributed by atoms with Crippen molar-refractivity contribution in [3.8, 4) is 5.75 Å². The van der Waals surface area contributed by atoms with Crippen molar-refractivity contribution in [2.75, 3.05) is 18.0 Å². The van der Waals surface area contributed by atoms with Crippen molar-refractivity contribution >= 4 is 16.7 Å². The van der Waals surface area contributed by atoms with E-state index in [2.05, 4.69) is 17.0 Å². The first-order valence-corrected chi connectivity index (χ1v) is 9.31. The molecule has 4 rings (SSSR count). The number of aromatic nitrogens is 1.